The third-order valence-electron chi connectivity index (χ3n) is 2.81. The van der Waals surface area contributed by atoms with E-state index in [1.165, 1.54) is 6.07 Å². The maximum atomic E-state index is 12.5. The van der Waals surface area contributed by atoms with Crippen LogP contribution in [0.2, 0.25) is 0 Å². The normalized spacial score (nSPS) is 11.2. The highest BCUT2D eigenvalue weighted by Crippen LogP contribution is 2.25. The number of methoxy groups -OCH3 is 1. The minimum atomic E-state index is -2.86. The monoisotopic (exact) mass is 521 g/mol. The number of halogens is 4. The predicted octanol–water partition coefficient (Wildman–Crippen LogP) is 3.76. The van der Waals surface area contributed by atoms with Crippen molar-refractivity contribution in [2.45, 2.75) is 26.5 Å². The van der Waals surface area contributed by atoms with Crippen molar-refractivity contribution in [1.29, 1.82) is 0 Å². The van der Waals surface area contributed by atoms with E-state index < -0.39 is 6.61 Å². The Bertz CT molecular complexity index is 508. The molecule has 0 bridgehead atoms. The zero-order valence-electron chi connectivity index (χ0n) is 13.7. The second-order valence-electron chi connectivity index (χ2n) is 4.60. The van der Waals surface area contributed by atoms with Crippen molar-refractivity contribution in [3.63, 3.8) is 0 Å². The van der Waals surface area contributed by atoms with Crippen LogP contribution < -0.4 is 15.4 Å². The molecule has 0 atom stereocenters. The molecule has 0 spiro atoms. The molecule has 1 aromatic rings. The van der Waals surface area contributed by atoms with Gasteiger partial charge in [0.1, 0.15) is 5.75 Å². The summed E-state index contributed by atoms with van der Waals surface area (Å²) in [7, 11) is 1.65. The Morgan fingerprint density at radius 3 is 2.71 bits per heavy atom. The van der Waals surface area contributed by atoms with Crippen molar-refractivity contribution >= 4 is 45.9 Å². The number of hydrogen-bond donors (Lipinski definition) is 2. The van der Waals surface area contributed by atoms with E-state index >= 15 is 0 Å². The molecule has 0 saturated heterocycles. The third kappa shape index (κ3) is 9.58. The highest BCUT2D eigenvalue weighted by atomic mass is 127. The van der Waals surface area contributed by atoms with Crippen LogP contribution in [0.4, 0.5) is 8.78 Å². The summed E-state index contributed by atoms with van der Waals surface area (Å²) in [6.45, 7) is 1.38. The molecule has 0 aromatic heterocycles. The van der Waals surface area contributed by atoms with Gasteiger partial charge >= 0.3 is 6.61 Å². The lowest BCUT2D eigenvalue weighted by Gasteiger charge is -2.13. The van der Waals surface area contributed by atoms with E-state index in [4.69, 9.17) is 4.74 Å². The second kappa shape index (κ2) is 13.6. The molecule has 5 nitrogen and oxygen atoms in total. The smallest absolute Gasteiger partial charge is 0.387 e. The molecule has 1 rings (SSSR count). The Hall–Kier alpha value is -0.680. The van der Waals surface area contributed by atoms with E-state index in [2.05, 4.69) is 36.3 Å². The number of aliphatic imine (C=N–C) groups is 1. The van der Waals surface area contributed by atoms with Crippen LogP contribution in [0.15, 0.2) is 27.7 Å². The highest BCUT2D eigenvalue weighted by Gasteiger charge is 2.10. The fourth-order valence-electron chi connectivity index (χ4n) is 1.81. The van der Waals surface area contributed by atoms with Gasteiger partial charge in [0, 0.05) is 36.8 Å². The molecule has 9 heteroatoms. The summed E-state index contributed by atoms with van der Waals surface area (Å²) in [6.07, 6.45) is 0.845. The molecule has 0 fully saturated rings. The van der Waals surface area contributed by atoms with Gasteiger partial charge in [-0.2, -0.15) is 8.78 Å². The zero-order chi connectivity index (χ0) is 17.1. The Morgan fingerprint density at radius 2 is 2.08 bits per heavy atom. The van der Waals surface area contributed by atoms with Gasteiger partial charge in [-0.3, -0.25) is 0 Å². The number of nitrogens with zero attached hydrogens (tertiary/aromatic N) is 1. The first-order chi connectivity index (χ1) is 11.1. The molecule has 0 heterocycles. The molecule has 0 unspecified atom stereocenters. The lowest BCUT2D eigenvalue weighted by molar-refractivity contribution is -0.0504. The van der Waals surface area contributed by atoms with Crippen LogP contribution in [0.3, 0.4) is 0 Å². The number of rotatable bonds is 9. The number of alkyl halides is 2. The summed E-state index contributed by atoms with van der Waals surface area (Å²) in [5, 5.41) is 6.26. The topological polar surface area (TPSA) is 54.9 Å². The van der Waals surface area contributed by atoms with Crippen LogP contribution in [0.25, 0.3) is 0 Å². The third-order valence-corrected chi connectivity index (χ3v) is 3.30. The van der Waals surface area contributed by atoms with Gasteiger partial charge in [-0.15, -0.1) is 24.0 Å². The van der Waals surface area contributed by atoms with Gasteiger partial charge in [0.2, 0.25) is 0 Å². The Labute approximate surface area is 166 Å². The Morgan fingerprint density at radius 1 is 1.33 bits per heavy atom. The lowest BCUT2D eigenvalue weighted by atomic mass is 10.2. The van der Waals surface area contributed by atoms with E-state index in [1.807, 2.05) is 6.92 Å². The largest absolute Gasteiger partial charge is 0.434 e. The van der Waals surface area contributed by atoms with E-state index in [-0.39, 0.29) is 36.3 Å². The Balaban J connectivity index is 0.00000529. The predicted molar refractivity (Wildman–Crippen MR) is 106 cm³/mol. The maximum Gasteiger partial charge on any atom is 0.387 e. The van der Waals surface area contributed by atoms with Gasteiger partial charge in [0.15, 0.2) is 5.96 Å². The van der Waals surface area contributed by atoms with E-state index in [1.54, 1.807) is 19.2 Å². The fraction of sp³-hybridized carbons (Fsp3) is 0.533. The van der Waals surface area contributed by atoms with Crippen LogP contribution >= 0.6 is 39.9 Å². The average Bonchev–Trinajstić information content (AvgIpc) is 2.51. The molecular weight excluding hydrogens is 499 g/mol. The number of ether oxygens (including phenoxy) is 2. The number of nitrogens with one attached hydrogen (secondary N) is 2. The van der Waals surface area contributed by atoms with Crippen molar-refractivity contribution in [1.82, 2.24) is 10.6 Å². The minimum Gasteiger partial charge on any atom is -0.434 e. The lowest BCUT2D eigenvalue weighted by Crippen LogP contribution is -2.38. The molecule has 0 aliphatic carbocycles. The quantitative estimate of drug-likeness (QED) is 0.225. The second-order valence-corrected chi connectivity index (χ2v) is 5.51. The summed E-state index contributed by atoms with van der Waals surface area (Å²) >= 11 is 3.32. The summed E-state index contributed by atoms with van der Waals surface area (Å²) < 4.78 is 35.2. The van der Waals surface area contributed by atoms with Crippen LogP contribution in [0.1, 0.15) is 18.9 Å². The van der Waals surface area contributed by atoms with Crippen LogP contribution in [-0.2, 0) is 11.3 Å². The number of hydrogen-bond acceptors (Lipinski definition) is 3. The molecule has 1 aromatic carbocycles. The Kier molecular flexibility index (Phi) is 13.2. The summed E-state index contributed by atoms with van der Waals surface area (Å²) in [5.41, 5.74) is 0.578. The first kappa shape index (κ1) is 23.3. The average molecular weight is 522 g/mol. The van der Waals surface area contributed by atoms with Crippen molar-refractivity contribution in [2.75, 3.05) is 26.8 Å². The van der Waals surface area contributed by atoms with E-state index in [0.29, 0.717) is 31.2 Å². The zero-order valence-corrected chi connectivity index (χ0v) is 17.6. The van der Waals surface area contributed by atoms with E-state index in [0.717, 1.165) is 10.9 Å². The summed E-state index contributed by atoms with van der Waals surface area (Å²) in [5.74, 6) is 0.744. The number of benzene rings is 1. The van der Waals surface area contributed by atoms with Gasteiger partial charge in [0.25, 0.3) is 0 Å². The van der Waals surface area contributed by atoms with Crippen molar-refractivity contribution < 1.29 is 18.3 Å². The van der Waals surface area contributed by atoms with Gasteiger partial charge in [-0.25, -0.2) is 4.99 Å². The van der Waals surface area contributed by atoms with Gasteiger partial charge < -0.3 is 20.1 Å². The van der Waals surface area contributed by atoms with E-state index in [9.17, 15) is 8.78 Å². The molecule has 138 valence electrons. The summed E-state index contributed by atoms with van der Waals surface area (Å²) in [6, 6.07) is 4.87. The molecule has 24 heavy (non-hydrogen) atoms. The van der Waals surface area contributed by atoms with Gasteiger partial charge in [0.05, 0.1) is 6.54 Å². The standard InChI is InChI=1S/C15H22BrF2N3O2.HI/c1-3-19-15(20-7-4-8-22-2)21-10-11-9-12(16)5-6-13(11)23-14(17)18;/h5-6,9,14H,3-4,7-8,10H2,1-2H3,(H2,19,20,21);1H. The number of guanidine groups is 1. The first-order valence-electron chi connectivity index (χ1n) is 7.31. The molecular formula is C15H23BrF2IN3O2. The van der Waals surface area contributed by atoms with Crippen molar-refractivity contribution in [3.8, 4) is 5.75 Å². The van der Waals surface area contributed by atoms with Gasteiger partial charge in [-0.05, 0) is 31.5 Å². The molecule has 0 saturated carbocycles. The van der Waals surface area contributed by atoms with Crippen LogP contribution in [0.5, 0.6) is 5.75 Å². The van der Waals surface area contributed by atoms with Gasteiger partial charge in [-0.1, -0.05) is 15.9 Å². The molecule has 0 aliphatic heterocycles. The van der Waals surface area contributed by atoms with Crippen LogP contribution in [0, 0.1) is 0 Å². The van der Waals surface area contributed by atoms with Crippen molar-refractivity contribution in [2.24, 2.45) is 4.99 Å². The molecule has 0 amide bonds. The van der Waals surface area contributed by atoms with Crippen molar-refractivity contribution in [3.05, 3.63) is 28.2 Å². The fourth-order valence-corrected chi connectivity index (χ4v) is 2.22. The first-order valence-corrected chi connectivity index (χ1v) is 8.10. The van der Waals surface area contributed by atoms with Crippen LogP contribution in [-0.4, -0.2) is 39.4 Å². The minimum absolute atomic E-state index is 0. The molecule has 2 N–H and O–H groups in total. The molecule has 0 radical (unpaired) electrons. The summed E-state index contributed by atoms with van der Waals surface area (Å²) in [4.78, 5) is 4.40. The maximum absolute atomic E-state index is 12.5. The molecule has 0 aliphatic rings. The SMILES string of the molecule is CCNC(=NCc1cc(Br)ccc1OC(F)F)NCCCOC.I. The highest BCUT2D eigenvalue weighted by molar-refractivity contribution is 14.0.